The molecule has 108 valence electrons. The van der Waals surface area contributed by atoms with Gasteiger partial charge in [-0.2, -0.15) is 0 Å². The van der Waals surface area contributed by atoms with Crippen LogP contribution >= 0.6 is 11.8 Å². The van der Waals surface area contributed by atoms with Gasteiger partial charge in [0.15, 0.2) is 0 Å². The third-order valence-electron chi connectivity index (χ3n) is 2.67. The molecule has 18 heavy (non-hydrogen) atoms. The number of amides is 1. The van der Waals surface area contributed by atoms with Crippen molar-refractivity contribution in [2.24, 2.45) is 11.8 Å². The van der Waals surface area contributed by atoms with Crippen LogP contribution in [0.5, 0.6) is 0 Å². The Morgan fingerprint density at radius 3 is 1.83 bits per heavy atom. The number of carbonyl (C=O) groups excluding carboxylic acids is 1. The quantitative estimate of drug-likeness (QED) is 0.740. The highest BCUT2D eigenvalue weighted by atomic mass is 32.2. The first-order valence-electron chi connectivity index (χ1n) is 6.81. The van der Waals surface area contributed by atoms with Gasteiger partial charge in [-0.25, -0.2) is 0 Å². The summed E-state index contributed by atoms with van der Waals surface area (Å²) in [5.74, 6) is 1.64. The summed E-state index contributed by atoms with van der Waals surface area (Å²) >= 11 is 1.53. The van der Waals surface area contributed by atoms with Crippen LogP contribution in [0.2, 0.25) is 0 Å². The predicted molar refractivity (Wildman–Crippen MR) is 79.9 cm³/mol. The highest BCUT2D eigenvalue weighted by Crippen LogP contribution is 2.15. The molecule has 0 saturated carbocycles. The summed E-state index contributed by atoms with van der Waals surface area (Å²) in [7, 11) is 0. The van der Waals surface area contributed by atoms with Crippen molar-refractivity contribution in [1.29, 1.82) is 0 Å². The second-order valence-electron chi connectivity index (χ2n) is 5.84. The van der Waals surface area contributed by atoms with Crippen molar-refractivity contribution in [3.05, 3.63) is 0 Å². The lowest BCUT2D eigenvalue weighted by Gasteiger charge is -2.27. The van der Waals surface area contributed by atoms with Crippen LogP contribution in [0.1, 0.15) is 41.5 Å². The first-order chi connectivity index (χ1) is 8.23. The van der Waals surface area contributed by atoms with Gasteiger partial charge < -0.3 is 10.0 Å². The molecule has 0 aliphatic heterocycles. The lowest BCUT2D eigenvalue weighted by molar-refractivity contribution is -0.129. The van der Waals surface area contributed by atoms with Crippen molar-refractivity contribution in [3.63, 3.8) is 0 Å². The lowest BCUT2D eigenvalue weighted by atomic mass is 10.1. The lowest BCUT2D eigenvalue weighted by Crippen LogP contribution is -2.38. The molecular formula is C14H29NO2S. The zero-order valence-electron chi connectivity index (χ0n) is 12.6. The summed E-state index contributed by atoms with van der Waals surface area (Å²) in [6, 6.07) is 0. The summed E-state index contributed by atoms with van der Waals surface area (Å²) < 4.78 is 0. The van der Waals surface area contributed by atoms with E-state index in [1.54, 1.807) is 6.92 Å². The largest absolute Gasteiger partial charge is 0.392 e. The normalized spacial score (nSPS) is 14.9. The molecule has 2 atom stereocenters. The minimum atomic E-state index is -0.369. The molecular weight excluding hydrogens is 246 g/mol. The third kappa shape index (κ3) is 7.98. The van der Waals surface area contributed by atoms with Crippen LogP contribution in [0.3, 0.4) is 0 Å². The molecule has 1 N–H and O–H groups in total. The molecule has 0 radical (unpaired) electrons. The van der Waals surface area contributed by atoms with Gasteiger partial charge in [0.2, 0.25) is 5.91 Å². The van der Waals surface area contributed by atoms with E-state index in [9.17, 15) is 9.90 Å². The first kappa shape index (κ1) is 17.8. The molecule has 0 aromatic heterocycles. The Labute approximate surface area is 116 Å². The molecule has 0 aliphatic carbocycles. The summed E-state index contributed by atoms with van der Waals surface area (Å²) in [6.07, 6.45) is -0.369. The topological polar surface area (TPSA) is 40.5 Å². The smallest absolute Gasteiger partial charge is 0.232 e. The minimum absolute atomic E-state index is 0.105. The van der Waals surface area contributed by atoms with Crippen LogP contribution < -0.4 is 0 Å². The van der Waals surface area contributed by atoms with Gasteiger partial charge in [-0.15, -0.1) is 11.8 Å². The predicted octanol–water partition coefficient (Wildman–Crippen LogP) is 2.63. The molecule has 0 aromatic rings. The Kier molecular flexibility index (Phi) is 8.70. The molecule has 0 bridgehead atoms. The van der Waals surface area contributed by atoms with Crippen molar-refractivity contribution >= 4 is 17.7 Å². The zero-order chi connectivity index (χ0) is 14.3. The highest BCUT2D eigenvalue weighted by Gasteiger charge is 2.18. The number of carbonyl (C=O) groups is 1. The number of rotatable bonds is 8. The molecule has 0 rings (SSSR count). The van der Waals surface area contributed by atoms with Gasteiger partial charge in [0, 0.05) is 18.3 Å². The second-order valence-corrected chi connectivity index (χ2v) is 7.21. The molecule has 0 aliphatic rings. The molecule has 0 heterocycles. The molecule has 0 saturated heterocycles. The fourth-order valence-electron chi connectivity index (χ4n) is 1.59. The SMILES string of the molecule is CC(C)CN(CC(C)C)C(=O)CSC(C)C(C)O. The maximum atomic E-state index is 12.2. The van der Waals surface area contributed by atoms with Gasteiger partial charge in [-0.1, -0.05) is 34.6 Å². The summed E-state index contributed by atoms with van der Waals surface area (Å²) in [4.78, 5) is 14.1. The third-order valence-corrected chi connectivity index (χ3v) is 4.01. The molecule has 1 amide bonds. The average Bonchev–Trinajstić information content (AvgIpc) is 2.22. The fraction of sp³-hybridized carbons (Fsp3) is 0.929. The van der Waals surface area contributed by atoms with Crippen LogP contribution in [-0.4, -0.2) is 46.1 Å². The molecule has 2 unspecified atom stereocenters. The Balaban J connectivity index is 4.28. The van der Waals surface area contributed by atoms with Gasteiger partial charge in [-0.3, -0.25) is 4.79 Å². The van der Waals surface area contributed by atoms with E-state index >= 15 is 0 Å². The minimum Gasteiger partial charge on any atom is -0.392 e. The van der Waals surface area contributed by atoms with Gasteiger partial charge in [0.1, 0.15) is 0 Å². The van der Waals surface area contributed by atoms with E-state index in [1.165, 1.54) is 11.8 Å². The summed E-state index contributed by atoms with van der Waals surface area (Å²) in [5.41, 5.74) is 0. The molecule has 0 aromatic carbocycles. The first-order valence-corrected chi connectivity index (χ1v) is 7.86. The van der Waals surface area contributed by atoms with Gasteiger partial charge >= 0.3 is 0 Å². The standard InChI is InChI=1S/C14H29NO2S/c1-10(2)7-15(8-11(3)4)14(17)9-18-13(6)12(5)16/h10-13,16H,7-9H2,1-6H3. The van der Waals surface area contributed by atoms with Crippen molar-refractivity contribution in [1.82, 2.24) is 4.90 Å². The Morgan fingerprint density at radius 2 is 1.50 bits per heavy atom. The van der Waals surface area contributed by atoms with E-state index in [1.807, 2.05) is 11.8 Å². The number of aliphatic hydroxyl groups is 1. The van der Waals surface area contributed by atoms with Crippen LogP contribution in [0.15, 0.2) is 0 Å². The van der Waals surface area contributed by atoms with Gasteiger partial charge in [0.05, 0.1) is 11.9 Å². The second kappa shape index (κ2) is 8.81. The van der Waals surface area contributed by atoms with Crippen molar-refractivity contribution in [2.75, 3.05) is 18.8 Å². The van der Waals surface area contributed by atoms with Crippen LogP contribution in [0.25, 0.3) is 0 Å². The van der Waals surface area contributed by atoms with Crippen molar-refractivity contribution in [2.45, 2.75) is 52.9 Å². The summed E-state index contributed by atoms with van der Waals surface area (Å²) in [6.45, 7) is 13.9. The fourth-order valence-corrected chi connectivity index (χ4v) is 2.46. The number of hydrogen-bond acceptors (Lipinski definition) is 3. The number of hydrogen-bond donors (Lipinski definition) is 1. The Bertz CT molecular complexity index is 232. The van der Waals surface area contributed by atoms with Crippen molar-refractivity contribution < 1.29 is 9.90 Å². The number of thioether (sulfide) groups is 1. The molecule has 3 nitrogen and oxygen atoms in total. The van der Waals surface area contributed by atoms with Gasteiger partial charge in [-0.05, 0) is 18.8 Å². The van der Waals surface area contributed by atoms with E-state index < -0.39 is 0 Å². The highest BCUT2D eigenvalue weighted by molar-refractivity contribution is 8.00. The molecule has 0 fully saturated rings. The van der Waals surface area contributed by atoms with E-state index in [0.717, 1.165) is 13.1 Å². The molecule has 0 spiro atoms. The zero-order valence-corrected chi connectivity index (χ0v) is 13.5. The maximum absolute atomic E-state index is 12.2. The average molecular weight is 275 g/mol. The van der Waals surface area contributed by atoms with Crippen LogP contribution in [-0.2, 0) is 4.79 Å². The van der Waals surface area contributed by atoms with Crippen LogP contribution in [0.4, 0.5) is 0 Å². The Hall–Kier alpha value is -0.220. The number of nitrogens with zero attached hydrogens (tertiary/aromatic N) is 1. The van der Waals surface area contributed by atoms with E-state index in [-0.39, 0.29) is 17.3 Å². The van der Waals surface area contributed by atoms with Crippen LogP contribution in [0, 0.1) is 11.8 Å². The van der Waals surface area contributed by atoms with E-state index in [0.29, 0.717) is 17.6 Å². The molecule has 4 heteroatoms. The van der Waals surface area contributed by atoms with E-state index in [4.69, 9.17) is 0 Å². The number of aliphatic hydroxyl groups excluding tert-OH is 1. The maximum Gasteiger partial charge on any atom is 0.232 e. The van der Waals surface area contributed by atoms with E-state index in [2.05, 4.69) is 27.7 Å². The summed E-state index contributed by atoms with van der Waals surface area (Å²) in [5, 5.41) is 9.52. The van der Waals surface area contributed by atoms with Crippen molar-refractivity contribution in [3.8, 4) is 0 Å². The Morgan fingerprint density at radius 1 is 1.06 bits per heavy atom. The monoisotopic (exact) mass is 275 g/mol. The van der Waals surface area contributed by atoms with Gasteiger partial charge in [0.25, 0.3) is 0 Å².